The molecule has 2 fully saturated rings. The molecule has 1 aliphatic carbocycles. The Labute approximate surface area is 124 Å². The highest BCUT2D eigenvalue weighted by Gasteiger charge is 2.34. The molecular formula is C15H23N3OS. The molecule has 1 aliphatic heterocycles. The molecule has 0 unspecified atom stereocenters. The molecule has 0 N–H and O–H groups in total. The molecule has 1 aromatic rings. The second kappa shape index (κ2) is 6.22. The molecule has 1 aromatic heterocycles. The number of rotatable bonds is 4. The molecule has 3 rings (SSSR count). The Kier molecular flexibility index (Phi) is 4.36. The second-order valence-electron chi connectivity index (χ2n) is 6.12. The Bertz CT molecular complexity index is 420. The summed E-state index contributed by atoms with van der Waals surface area (Å²) in [7, 11) is 0. The normalized spacial score (nSPS) is 23.7. The lowest BCUT2D eigenvalue weighted by atomic mass is 9.75. The van der Waals surface area contributed by atoms with Crippen LogP contribution >= 0.6 is 11.3 Å². The van der Waals surface area contributed by atoms with E-state index in [2.05, 4.69) is 14.8 Å². The van der Waals surface area contributed by atoms with Gasteiger partial charge in [0.2, 0.25) is 0 Å². The van der Waals surface area contributed by atoms with Crippen molar-refractivity contribution in [3.63, 3.8) is 0 Å². The Morgan fingerprint density at radius 1 is 1.20 bits per heavy atom. The third kappa shape index (κ3) is 3.04. The van der Waals surface area contributed by atoms with Crippen molar-refractivity contribution in [1.82, 2.24) is 9.88 Å². The molecular weight excluding hydrogens is 270 g/mol. The topological polar surface area (TPSA) is 36.4 Å². The summed E-state index contributed by atoms with van der Waals surface area (Å²) in [5, 5.41) is 3.16. The minimum atomic E-state index is -0.0540. The summed E-state index contributed by atoms with van der Waals surface area (Å²) in [5.41, 5.74) is -0.0540. The van der Waals surface area contributed by atoms with Crippen molar-refractivity contribution in [2.24, 2.45) is 5.41 Å². The van der Waals surface area contributed by atoms with E-state index in [4.69, 9.17) is 0 Å². The molecule has 0 spiro atoms. The Morgan fingerprint density at radius 3 is 2.55 bits per heavy atom. The van der Waals surface area contributed by atoms with Gasteiger partial charge in [-0.3, -0.25) is 4.90 Å². The highest BCUT2D eigenvalue weighted by Crippen LogP contribution is 2.35. The number of thiazole rings is 1. The highest BCUT2D eigenvalue weighted by atomic mass is 32.1. The first kappa shape index (κ1) is 14.0. The SMILES string of the molecule is O=CC1(CN2CCN(c3nccs3)CC2)CCCCC1. The van der Waals surface area contributed by atoms with E-state index >= 15 is 0 Å². The van der Waals surface area contributed by atoms with Crippen molar-refractivity contribution in [1.29, 1.82) is 0 Å². The van der Waals surface area contributed by atoms with E-state index in [9.17, 15) is 4.79 Å². The Hall–Kier alpha value is -0.940. The average Bonchev–Trinajstić information content (AvgIpc) is 3.03. The molecule has 0 amide bonds. The predicted molar refractivity (Wildman–Crippen MR) is 82.3 cm³/mol. The summed E-state index contributed by atoms with van der Waals surface area (Å²) in [5.74, 6) is 0. The third-order valence-electron chi connectivity index (χ3n) is 4.70. The Balaban J connectivity index is 1.54. The van der Waals surface area contributed by atoms with Gasteiger partial charge in [0, 0.05) is 49.7 Å². The van der Waals surface area contributed by atoms with Crippen LogP contribution in [0.1, 0.15) is 32.1 Å². The summed E-state index contributed by atoms with van der Waals surface area (Å²) in [6.07, 6.45) is 9.03. The summed E-state index contributed by atoms with van der Waals surface area (Å²) in [6.45, 7) is 5.12. The minimum Gasteiger partial charge on any atom is -0.346 e. The zero-order valence-electron chi connectivity index (χ0n) is 12.0. The van der Waals surface area contributed by atoms with Gasteiger partial charge in [-0.2, -0.15) is 0 Å². The van der Waals surface area contributed by atoms with Gasteiger partial charge in [0.25, 0.3) is 0 Å². The molecule has 2 heterocycles. The van der Waals surface area contributed by atoms with Gasteiger partial charge in [0.1, 0.15) is 6.29 Å². The number of carbonyl (C=O) groups excluding carboxylic acids is 1. The first-order chi connectivity index (χ1) is 9.81. The molecule has 2 aliphatic rings. The quantitative estimate of drug-likeness (QED) is 0.799. The fraction of sp³-hybridized carbons (Fsp3) is 0.733. The van der Waals surface area contributed by atoms with E-state index in [1.54, 1.807) is 11.3 Å². The average molecular weight is 293 g/mol. The van der Waals surface area contributed by atoms with Crippen LogP contribution in [0.25, 0.3) is 0 Å². The van der Waals surface area contributed by atoms with E-state index in [1.165, 1.54) is 25.5 Å². The second-order valence-corrected chi connectivity index (χ2v) is 6.99. The van der Waals surface area contributed by atoms with Crippen LogP contribution in [0.5, 0.6) is 0 Å². The monoisotopic (exact) mass is 293 g/mol. The number of carbonyl (C=O) groups is 1. The maximum absolute atomic E-state index is 11.6. The fourth-order valence-electron chi connectivity index (χ4n) is 3.48. The van der Waals surface area contributed by atoms with Gasteiger partial charge in [0.15, 0.2) is 5.13 Å². The van der Waals surface area contributed by atoms with Crippen LogP contribution in [0.4, 0.5) is 5.13 Å². The lowest BCUT2D eigenvalue weighted by Crippen LogP contribution is -2.50. The number of aromatic nitrogens is 1. The van der Waals surface area contributed by atoms with Crippen LogP contribution in [0, 0.1) is 5.41 Å². The van der Waals surface area contributed by atoms with E-state index in [1.807, 2.05) is 11.6 Å². The van der Waals surface area contributed by atoms with Gasteiger partial charge in [-0.05, 0) is 12.8 Å². The zero-order valence-corrected chi connectivity index (χ0v) is 12.8. The number of aldehydes is 1. The van der Waals surface area contributed by atoms with E-state index < -0.39 is 0 Å². The number of hydrogen-bond acceptors (Lipinski definition) is 5. The minimum absolute atomic E-state index is 0.0540. The molecule has 0 bridgehead atoms. The molecule has 1 saturated carbocycles. The summed E-state index contributed by atoms with van der Waals surface area (Å²) in [6, 6.07) is 0. The molecule has 20 heavy (non-hydrogen) atoms. The lowest BCUT2D eigenvalue weighted by Gasteiger charge is -2.41. The number of piperazine rings is 1. The maximum atomic E-state index is 11.6. The number of nitrogens with zero attached hydrogens (tertiary/aromatic N) is 3. The van der Waals surface area contributed by atoms with Crippen molar-refractivity contribution in [2.75, 3.05) is 37.6 Å². The van der Waals surface area contributed by atoms with Gasteiger partial charge in [-0.25, -0.2) is 4.98 Å². The van der Waals surface area contributed by atoms with Gasteiger partial charge >= 0.3 is 0 Å². The summed E-state index contributed by atoms with van der Waals surface area (Å²) >= 11 is 1.71. The van der Waals surface area contributed by atoms with E-state index in [0.717, 1.165) is 50.7 Å². The van der Waals surface area contributed by atoms with Crippen LogP contribution in [0.3, 0.4) is 0 Å². The summed E-state index contributed by atoms with van der Waals surface area (Å²) in [4.78, 5) is 20.8. The summed E-state index contributed by atoms with van der Waals surface area (Å²) < 4.78 is 0. The number of anilines is 1. The van der Waals surface area contributed by atoms with Crippen molar-refractivity contribution in [3.8, 4) is 0 Å². The van der Waals surface area contributed by atoms with Crippen molar-refractivity contribution in [2.45, 2.75) is 32.1 Å². The van der Waals surface area contributed by atoms with Gasteiger partial charge < -0.3 is 9.69 Å². The van der Waals surface area contributed by atoms with Crippen molar-refractivity contribution < 1.29 is 4.79 Å². The first-order valence-corrected chi connectivity index (χ1v) is 8.52. The van der Waals surface area contributed by atoms with Gasteiger partial charge in [-0.1, -0.05) is 19.3 Å². The number of hydrogen-bond donors (Lipinski definition) is 0. The van der Waals surface area contributed by atoms with Crippen LogP contribution in [0.15, 0.2) is 11.6 Å². The molecule has 110 valence electrons. The molecule has 5 heteroatoms. The molecule has 1 saturated heterocycles. The molecule has 0 radical (unpaired) electrons. The predicted octanol–water partition coefficient (Wildman–Crippen LogP) is 2.41. The molecule has 4 nitrogen and oxygen atoms in total. The van der Waals surface area contributed by atoms with Crippen molar-refractivity contribution in [3.05, 3.63) is 11.6 Å². The van der Waals surface area contributed by atoms with Crippen LogP contribution < -0.4 is 4.90 Å². The first-order valence-electron chi connectivity index (χ1n) is 7.64. The molecule has 0 atom stereocenters. The van der Waals surface area contributed by atoms with Crippen LogP contribution in [-0.4, -0.2) is 48.9 Å². The lowest BCUT2D eigenvalue weighted by molar-refractivity contribution is -0.119. The zero-order chi connectivity index (χ0) is 13.8. The molecule has 0 aromatic carbocycles. The Morgan fingerprint density at radius 2 is 1.95 bits per heavy atom. The van der Waals surface area contributed by atoms with Gasteiger partial charge in [0.05, 0.1) is 0 Å². The largest absolute Gasteiger partial charge is 0.346 e. The highest BCUT2D eigenvalue weighted by molar-refractivity contribution is 7.13. The van der Waals surface area contributed by atoms with Crippen LogP contribution in [-0.2, 0) is 4.79 Å². The fourth-order valence-corrected chi connectivity index (χ4v) is 4.18. The third-order valence-corrected chi connectivity index (χ3v) is 5.53. The van der Waals surface area contributed by atoms with E-state index in [0.29, 0.717) is 0 Å². The van der Waals surface area contributed by atoms with Crippen molar-refractivity contribution >= 4 is 22.8 Å². The maximum Gasteiger partial charge on any atom is 0.185 e. The van der Waals surface area contributed by atoms with E-state index in [-0.39, 0.29) is 5.41 Å². The smallest absolute Gasteiger partial charge is 0.185 e. The van der Waals surface area contributed by atoms with Gasteiger partial charge in [-0.15, -0.1) is 11.3 Å². The standard InChI is InChI=1S/C15H23N3OS/c19-13-15(4-2-1-3-5-15)12-17-7-9-18(10-8-17)14-16-6-11-20-14/h6,11,13H,1-5,7-10,12H2. The van der Waals surface area contributed by atoms with Crippen LogP contribution in [0.2, 0.25) is 0 Å².